The minimum absolute atomic E-state index is 0.234. The van der Waals surface area contributed by atoms with E-state index in [9.17, 15) is 9.90 Å². The Labute approximate surface area is 122 Å². The van der Waals surface area contributed by atoms with Crippen LogP contribution in [0.4, 0.5) is 10.5 Å². The largest absolute Gasteiger partial charge is 0.391 e. The molecule has 21 heavy (non-hydrogen) atoms. The van der Waals surface area contributed by atoms with Crippen LogP contribution in [0.25, 0.3) is 11.4 Å². The van der Waals surface area contributed by atoms with E-state index >= 15 is 0 Å². The predicted octanol–water partition coefficient (Wildman–Crippen LogP) is 1.74. The number of carbonyl (C=O) groups is 1. The minimum atomic E-state index is -0.424. The molecule has 1 aromatic heterocycles. The summed E-state index contributed by atoms with van der Waals surface area (Å²) < 4.78 is 0. The smallest absolute Gasteiger partial charge is 0.322 e. The second kappa shape index (κ2) is 5.88. The molecule has 0 aliphatic carbocycles. The van der Waals surface area contributed by atoms with Gasteiger partial charge in [-0.3, -0.25) is 0 Å². The van der Waals surface area contributed by atoms with E-state index in [-0.39, 0.29) is 6.03 Å². The molecule has 6 nitrogen and oxygen atoms in total. The molecule has 0 saturated carbocycles. The Morgan fingerprint density at radius 1 is 1.24 bits per heavy atom. The summed E-state index contributed by atoms with van der Waals surface area (Å²) in [6.45, 7) is 0.935. The van der Waals surface area contributed by atoms with Crippen LogP contribution in [0.2, 0.25) is 0 Å². The number of hydrogen-bond acceptors (Lipinski definition) is 4. The Kier molecular flexibility index (Phi) is 3.79. The fourth-order valence-electron chi connectivity index (χ4n) is 2.26. The molecule has 1 saturated heterocycles. The summed E-state index contributed by atoms with van der Waals surface area (Å²) >= 11 is 0. The molecule has 1 aliphatic heterocycles. The van der Waals surface area contributed by atoms with E-state index in [1.54, 1.807) is 17.3 Å². The molecular weight excluding hydrogens is 268 g/mol. The number of likely N-dealkylation sites (tertiary alicyclic amines) is 1. The van der Waals surface area contributed by atoms with Crippen molar-refractivity contribution in [1.29, 1.82) is 0 Å². The fourth-order valence-corrected chi connectivity index (χ4v) is 2.26. The van der Waals surface area contributed by atoms with Gasteiger partial charge in [-0.2, -0.15) is 0 Å². The van der Waals surface area contributed by atoms with E-state index in [0.29, 0.717) is 31.0 Å². The maximum absolute atomic E-state index is 12.0. The van der Waals surface area contributed by atoms with Gasteiger partial charge < -0.3 is 15.3 Å². The number of nitrogens with zero attached hydrogens (tertiary/aromatic N) is 3. The normalized spacial score (nSPS) is 17.8. The summed E-state index contributed by atoms with van der Waals surface area (Å²) in [7, 11) is 0. The number of rotatable bonds is 2. The third-order valence-electron chi connectivity index (χ3n) is 3.39. The lowest BCUT2D eigenvalue weighted by Crippen LogP contribution is -2.33. The number of nitrogens with one attached hydrogen (secondary N) is 1. The van der Waals surface area contributed by atoms with Gasteiger partial charge in [0.25, 0.3) is 0 Å². The molecular formula is C15H16N4O2. The van der Waals surface area contributed by atoms with Gasteiger partial charge in [-0.15, -0.1) is 0 Å². The third-order valence-corrected chi connectivity index (χ3v) is 3.39. The molecule has 108 valence electrons. The molecule has 2 N–H and O–H groups in total. The van der Waals surface area contributed by atoms with Crippen molar-refractivity contribution in [1.82, 2.24) is 14.9 Å². The average molecular weight is 284 g/mol. The second-order valence-electron chi connectivity index (χ2n) is 4.98. The van der Waals surface area contributed by atoms with Gasteiger partial charge in [0, 0.05) is 18.7 Å². The van der Waals surface area contributed by atoms with Gasteiger partial charge in [0.2, 0.25) is 0 Å². The highest BCUT2D eigenvalue weighted by Crippen LogP contribution is 2.16. The molecule has 2 heterocycles. The third kappa shape index (κ3) is 3.17. The second-order valence-corrected chi connectivity index (χ2v) is 4.98. The van der Waals surface area contributed by atoms with Gasteiger partial charge in [0.1, 0.15) is 0 Å². The molecule has 1 aromatic carbocycles. The maximum Gasteiger partial charge on any atom is 0.322 e. The summed E-state index contributed by atoms with van der Waals surface area (Å²) in [6, 6.07) is 9.41. The van der Waals surface area contributed by atoms with E-state index in [1.165, 1.54) is 0 Å². The van der Waals surface area contributed by atoms with Crippen molar-refractivity contribution in [2.45, 2.75) is 12.5 Å². The molecule has 0 spiro atoms. The number of carbonyl (C=O) groups excluding carboxylic acids is 1. The molecule has 2 amide bonds. The van der Waals surface area contributed by atoms with E-state index in [0.717, 1.165) is 5.56 Å². The Hall–Kier alpha value is -2.47. The number of aliphatic hydroxyl groups excluding tert-OH is 1. The van der Waals surface area contributed by atoms with Gasteiger partial charge in [-0.25, -0.2) is 14.8 Å². The first-order chi connectivity index (χ1) is 10.2. The van der Waals surface area contributed by atoms with Crippen molar-refractivity contribution >= 4 is 11.7 Å². The van der Waals surface area contributed by atoms with E-state index < -0.39 is 6.10 Å². The number of benzene rings is 1. The number of aliphatic hydroxyl groups is 1. The number of β-amino-alcohol motifs (C(OH)–C–C–N with tert-alkyl or cyclic N) is 1. The van der Waals surface area contributed by atoms with E-state index in [4.69, 9.17) is 0 Å². The first-order valence-electron chi connectivity index (χ1n) is 6.84. The van der Waals surface area contributed by atoms with Crippen LogP contribution in [-0.4, -0.2) is 45.2 Å². The van der Waals surface area contributed by atoms with Crippen LogP contribution in [0, 0.1) is 0 Å². The lowest BCUT2D eigenvalue weighted by atomic mass is 10.2. The average Bonchev–Trinajstić information content (AvgIpc) is 2.96. The molecule has 0 radical (unpaired) electrons. The highest BCUT2D eigenvalue weighted by atomic mass is 16.3. The van der Waals surface area contributed by atoms with Crippen LogP contribution >= 0.6 is 0 Å². The van der Waals surface area contributed by atoms with Crippen molar-refractivity contribution in [3.63, 3.8) is 0 Å². The fraction of sp³-hybridized carbons (Fsp3) is 0.267. The number of anilines is 1. The van der Waals surface area contributed by atoms with Crippen molar-refractivity contribution in [2.75, 3.05) is 18.4 Å². The van der Waals surface area contributed by atoms with Gasteiger partial charge >= 0.3 is 6.03 Å². The molecule has 3 rings (SSSR count). The topological polar surface area (TPSA) is 78.4 Å². The number of urea groups is 1. The molecule has 1 aliphatic rings. The monoisotopic (exact) mass is 284 g/mol. The lowest BCUT2D eigenvalue weighted by Gasteiger charge is -2.16. The molecule has 1 fully saturated rings. The summed E-state index contributed by atoms with van der Waals surface area (Å²) in [5, 5.41) is 12.2. The van der Waals surface area contributed by atoms with Gasteiger partial charge in [-0.05, 0) is 6.42 Å². The standard InChI is InChI=1S/C15H16N4O2/c20-13-6-7-19(10-13)15(21)18-12-8-16-14(17-9-12)11-4-2-1-3-5-11/h1-5,8-9,13,20H,6-7,10H2,(H,18,21)/t13-/m0/s1. The van der Waals surface area contributed by atoms with Crippen molar-refractivity contribution in [3.8, 4) is 11.4 Å². The van der Waals surface area contributed by atoms with Crippen LogP contribution < -0.4 is 5.32 Å². The number of aromatic nitrogens is 2. The molecule has 0 unspecified atom stereocenters. The van der Waals surface area contributed by atoms with Gasteiger partial charge in [0.15, 0.2) is 5.82 Å². The molecule has 6 heteroatoms. The van der Waals surface area contributed by atoms with Crippen molar-refractivity contribution in [2.24, 2.45) is 0 Å². The summed E-state index contributed by atoms with van der Waals surface area (Å²) in [6.07, 6.45) is 3.36. The first kappa shape index (κ1) is 13.5. The molecule has 1 atom stereocenters. The summed E-state index contributed by atoms with van der Waals surface area (Å²) in [4.78, 5) is 22.0. The van der Waals surface area contributed by atoms with E-state index in [1.807, 2.05) is 30.3 Å². The minimum Gasteiger partial charge on any atom is -0.391 e. The lowest BCUT2D eigenvalue weighted by molar-refractivity contribution is 0.176. The van der Waals surface area contributed by atoms with Crippen LogP contribution in [0.3, 0.4) is 0 Å². The Balaban J connectivity index is 1.66. The highest BCUT2D eigenvalue weighted by Gasteiger charge is 2.24. The zero-order valence-corrected chi connectivity index (χ0v) is 11.4. The van der Waals surface area contributed by atoms with Gasteiger partial charge in [0.05, 0.1) is 24.2 Å². The SMILES string of the molecule is O=C(Nc1cnc(-c2ccccc2)nc1)N1CC[C@H](O)C1. The Morgan fingerprint density at radius 2 is 1.95 bits per heavy atom. The van der Waals surface area contributed by atoms with Crippen molar-refractivity contribution in [3.05, 3.63) is 42.7 Å². The van der Waals surface area contributed by atoms with Crippen molar-refractivity contribution < 1.29 is 9.90 Å². The Bertz CT molecular complexity index is 615. The zero-order chi connectivity index (χ0) is 14.7. The van der Waals surface area contributed by atoms with Crippen LogP contribution in [0.15, 0.2) is 42.7 Å². The van der Waals surface area contributed by atoms with Crippen LogP contribution in [0.1, 0.15) is 6.42 Å². The van der Waals surface area contributed by atoms with Crippen LogP contribution in [0.5, 0.6) is 0 Å². The molecule has 2 aromatic rings. The number of hydrogen-bond donors (Lipinski definition) is 2. The summed E-state index contributed by atoms with van der Waals surface area (Å²) in [5.74, 6) is 0.616. The quantitative estimate of drug-likeness (QED) is 0.880. The Morgan fingerprint density at radius 3 is 2.57 bits per heavy atom. The molecule has 0 bridgehead atoms. The van der Waals surface area contributed by atoms with E-state index in [2.05, 4.69) is 15.3 Å². The predicted molar refractivity (Wildman–Crippen MR) is 78.7 cm³/mol. The highest BCUT2D eigenvalue weighted by molar-refractivity contribution is 5.89. The van der Waals surface area contributed by atoms with Gasteiger partial charge in [-0.1, -0.05) is 30.3 Å². The zero-order valence-electron chi connectivity index (χ0n) is 11.4. The maximum atomic E-state index is 12.0. The number of amides is 2. The summed E-state index contributed by atoms with van der Waals surface area (Å²) in [5.41, 5.74) is 1.47. The van der Waals surface area contributed by atoms with Crippen LogP contribution in [-0.2, 0) is 0 Å². The first-order valence-corrected chi connectivity index (χ1v) is 6.84.